The predicted octanol–water partition coefficient (Wildman–Crippen LogP) is 5.40. The highest BCUT2D eigenvalue weighted by molar-refractivity contribution is 7.91. The minimum Gasteiger partial charge on any atom is -0.497 e. The average Bonchev–Trinajstić information content (AvgIpc) is 3.26. The van der Waals surface area contributed by atoms with E-state index >= 15 is 0 Å². The first-order valence-corrected chi connectivity index (χ1v) is 13.4. The number of amides is 1. The number of hydrogen-bond donors (Lipinski definition) is 0. The Morgan fingerprint density at radius 2 is 1.76 bits per heavy atom. The third-order valence-corrected chi connectivity index (χ3v) is 8.36. The molecule has 4 rings (SSSR count). The first kappa shape index (κ1) is 23.9. The molecule has 1 amide bonds. The average molecular weight is 495 g/mol. The van der Waals surface area contributed by atoms with Gasteiger partial charge in [-0.3, -0.25) is 9.69 Å². The first-order chi connectivity index (χ1) is 16.4. The highest BCUT2D eigenvalue weighted by Gasteiger charge is 2.22. The molecule has 0 aliphatic heterocycles. The summed E-state index contributed by atoms with van der Waals surface area (Å²) >= 11 is 1.43. The molecule has 1 heterocycles. The summed E-state index contributed by atoms with van der Waals surface area (Å²) in [4.78, 5) is 19.9. The van der Waals surface area contributed by atoms with Gasteiger partial charge in [-0.1, -0.05) is 59.4 Å². The van der Waals surface area contributed by atoms with Gasteiger partial charge in [-0.2, -0.15) is 0 Å². The minimum atomic E-state index is -3.45. The quantitative estimate of drug-likeness (QED) is 0.311. The lowest BCUT2D eigenvalue weighted by atomic mass is 10.2. The molecule has 0 saturated carbocycles. The second-order valence-corrected chi connectivity index (χ2v) is 11.1. The van der Waals surface area contributed by atoms with E-state index in [9.17, 15) is 13.2 Å². The predicted molar refractivity (Wildman–Crippen MR) is 136 cm³/mol. The van der Waals surface area contributed by atoms with Crippen LogP contribution < -0.4 is 9.64 Å². The summed E-state index contributed by atoms with van der Waals surface area (Å²) in [5, 5.41) is 0.582. The van der Waals surface area contributed by atoms with Gasteiger partial charge in [0.25, 0.3) is 0 Å². The fourth-order valence-corrected chi connectivity index (χ4v) is 5.85. The van der Waals surface area contributed by atoms with Gasteiger partial charge in [0.05, 0.1) is 34.5 Å². The van der Waals surface area contributed by atoms with E-state index in [1.807, 2.05) is 55.5 Å². The topological polar surface area (TPSA) is 76.6 Å². The fourth-order valence-electron chi connectivity index (χ4n) is 3.58. The number of carbonyl (C=O) groups excluding carboxylic acids is 1. The van der Waals surface area contributed by atoms with Crippen molar-refractivity contribution in [3.05, 3.63) is 83.9 Å². The van der Waals surface area contributed by atoms with Crippen LogP contribution in [-0.4, -0.2) is 32.2 Å². The highest BCUT2D eigenvalue weighted by atomic mass is 32.2. The number of aromatic nitrogens is 1. The molecule has 0 atom stereocenters. The molecular formula is C26H26N2O4S2. The Labute approximate surface area is 203 Å². The normalized spacial score (nSPS) is 11.5. The van der Waals surface area contributed by atoms with Crippen LogP contribution in [0.2, 0.25) is 0 Å². The molecule has 0 saturated heterocycles. The van der Waals surface area contributed by atoms with Crippen LogP contribution in [0.4, 0.5) is 5.13 Å². The number of benzene rings is 3. The molecule has 0 N–H and O–H groups in total. The van der Waals surface area contributed by atoms with E-state index < -0.39 is 9.84 Å². The van der Waals surface area contributed by atoms with Gasteiger partial charge in [0.2, 0.25) is 5.91 Å². The Hall–Kier alpha value is -3.23. The van der Waals surface area contributed by atoms with E-state index in [1.54, 1.807) is 36.3 Å². The van der Waals surface area contributed by atoms with Gasteiger partial charge in [-0.15, -0.1) is 0 Å². The molecule has 0 radical (unpaired) electrons. The Kier molecular flexibility index (Phi) is 7.29. The van der Waals surface area contributed by atoms with Crippen molar-refractivity contribution in [2.45, 2.75) is 31.2 Å². The number of anilines is 1. The van der Waals surface area contributed by atoms with Crippen molar-refractivity contribution in [1.29, 1.82) is 0 Å². The van der Waals surface area contributed by atoms with E-state index in [0.717, 1.165) is 21.3 Å². The zero-order valence-electron chi connectivity index (χ0n) is 19.1. The Morgan fingerprint density at radius 1 is 1.03 bits per heavy atom. The van der Waals surface area contributed by atoms with E-state index in [1.165, 1.54) is 11.3 Å². The van der Waals surface area contributed by atoms with Gasteiger partial charge in [0.15, 0.2) is 15.0 Å². The molecule has 0 fully saturated rings. The van der Waals surface area contributed by atoms with Gasteiger partial charge < -0.3 is 4.74 Å². The number of rotatable bonds is 9. The number of nitrogens with zero attached hydrogens (tertiary/aromatic N) is 2. The zero-order chi connectivity index (χ0) is 24.1. The van der Waals surface area contributed by atoms with Crippen molar-refractivity contribution in [3.8, 4) is 5.75 Å². The monoisotopic (exact) mass is 494 g/mol. The molecule has 34 heavy (non-hydrogen) atoms. The molecule has 0 aliphatic carbocycles. The molecule has 1 aromatic heterocycles. The molecule has 3 aromatic carbocycles. The van der Waals surface area contributed by atoms with Crippen molar-refractivity contribution >= 4 is 42.4 Å². The second kappa shape index (κ2) is 10.4. The first-order valence-electron chi connectivity index (χ1n) is 10.9. The largest absolute Gasteiger partial charge is 0.497 e. The van der Waals surface area contributed by atoms with Crippen LogP contribution in [0.3, 0.4) is 0 Å². The van der Waals surface area contributed by atoms with Gasteiger partial charge in [-0.25, -0.2) is 13.4 Å². The maximum atomic E-state index is 13.3. The van der Waals surface area contributed by atoms with Gasteiger partial charge in [-0.05, 0) is 43.2 Å². The van der Waals surface area contributed by atoms with Crippen molar-refractivity contribution in [1.82, 2.24) is 4.98 Å². The number of ether oxygens (including phenoxy) is 1. The Bertz CT molecular complexity index is 1380. The third-order valence-electron chi connectivity index (χ3n) is 5.48. The van der Waals surface area contributed by atoms with E-state index in [4.69, 9.17) is 4.74 Å². The molecular weight excluding hydrogens is 468 g/mol. The molecule has 0 bridgehead atoms. The second-order valence-electron chi connectivity index (χ2n) is 8.03. The summed E-state index contributed by atoms with van der Waals surface area (Å²) in [5.74, 6) is 0.457. The van der Waals surface area contributed by atoms with Crippen LogP contribution >= 0.6 is 11.3 Å². The Balaban J connectivity index is 1.53. The minimum absolute atomic E-state index is 0.0853. The standard InChI is InChI=1S/C26H26N2O4S2/c1-19-10-13-22(14-11-19)34(30,31)16-6-9-25(29)28(18-20-7-4-3-5-8-20)26-27-23-17-21(32-2)12-15-24(23)33-26/h3-5,7-8,10-15,17H,6,9,16,18H2,1-2H3. The summed E-state index contributed by atoms with van der Waals surface area (Å²) in [6.07, 6.45) is 0.343. The van der Waals surface area contributed by atoms with E-state index in [0.29, 0.717) is 17.4 Å². The molecule has 8 heteroatoms. The lowest BCUT2D eigenvalue weighted by Gasteiger charge is -2.20. The molecule has 4 aromatic rings. The zero-order valence-corrected chi connectivity index (χ0v) is 20.7. The number of methoxy groups -OCH3 is 1. The summed E-state index contributed by atoms with van der Waals surface area (Å²) in [5.41, 5.74) is 2.73. The smallest absolute Gasteiger partial charge is 0.229 e. The maximum Gasteiger partial charge on any atom is 0.229 e. The number of carbonyl (C=O) groups is 1. The van der Waals surface area contributed by atoms with E-state index in [-0.39, 0.29) is 29.4 Å². The summed E-state index contributed by atoms with van der Waals surface area (Å²) in [6.45, 7) is 2.27. The third kappa shape index (κ3) is 5.63. The molecule has 6 nitrogen and oxygen atoms in total. The van der Waals surface area contributed by atoms with Gasteiger partial charge in [0.1, 0.15) is 5.75 Å². The van der Waals surface area contributed by atoms with Crippen LogP contribution in [0.5, 0.6) is 5.75 Å². The van der Waals surface area contributed by atoms with Crippen molar-refractivity contribution in [2.75, 3.05) is 17.8 Å². The van der Waals surface area contributed by atoms with Crippen LogP contribution in [0, 0.1) is 6.92 Å². The SMILES string of the molecule is COc1ccc2sc(N(Cc3ccccc3)C(=O)CCCS(=O)(=O)c3ccc(C)cc3)nc2c1. The van der Waals surface area contributed by atoms with Crippen LogP contribution in [0.15, 0.2) is 77.7 Å². The van der Waals surface area contributed by atoms with E-state index in [2.05, 4.69) is 4.98 Å². The molecule has 176 valence electrons. The molecule has 0 aliphatic rings. The van der Waals surface area contributed by atoms with Crippen LogP contribution in [-0.2, 0) is 21.2 Å². The Morgan fingerprint density at radius 3 is 2.47 bits per heavy atom. The van der Waals surface area contributed by atoms with Crippen molar-refractivity contribution in [3.63, 3.8) is 0 Å². The van der Waals surface area contributed by atoms with Crippen molar-refractivity contribution < 1.29 is 17.9 Å². The van der Waals surface area contributed by atoms with Gasteiger partial charge in [0, 0.05) is 12.5 Å². The summed E-state index contributed by atoms with van der Waals surface area (Å²) < 4.78 is 31.6. The molecule has 0 spiro atoms. The van der Waals surface area contributed by atoms with Crippen LogP contribution in [0.1, 0.15) is 24.0 Å². The number of hydrogen-bond acceptors (Lipinski definition) is 6. The number of sulfone groups is 1. The van der Waals surface area contributed by atoms with Crippen LogP contribution in [0.25, 0.3) is 10.2 Å². The maximum absolute atomic E-state index is 13.3. The summed E-state index contributed by atoms with van der Waals surface area (Å²) in [7, 11) is -1.85. The van der Waals surface area contributed by atoms with Crippen molar-refractivity contribution in [2.24, 2.45) is 0 Å². The number of fused-ring (bicyclic) bond motifs is 1. The van der Waals surface area contributed by atoms with Gasteiger partial charge >= 0.3 is 0 Å². The number of aryl methyl sites for hydroxylation is 1. The fraction of sp³-hybridized carbons (Fsp3) is 0.231. The molecule has 0 unspecified atom stereocenters. The highest BCUT2D eigenvalue weighted by Crippen LogP contribution is 2.32. The lowest BCUT2D eigenvalue weighted by molar-refractivity contribution is -0.118. The number of thiazole rings is 1. The summed E-state index contributed by atoms with van der Waals surface area (Å²) in [6, 6.07) is 22.1. The lowest BCUT2D eigenvalue weighted by Crippen LogP contribution is -2.30.